The molecule has 0 saturated heterocycles. The Morgan fingerprint density at radius 3 is 2.47 bits per heavy atom. The monoisotopic (exact) mass is 265 g/mol. The van der Waals surface area contributed by atoms with E-state index in [2.05, 4.69) is 38.2 Å². The Morgan fingerprint density at radius 1 is 1.21 bits per heavy atom. The van der Waals surface area contributed by atoms with Gasteiger partial charge < -0.3 is 14.8 Å². The molecule has 1 aromatic rings. The summed E-state index contributed by atoms with van der Waals surface area (Å²) in [4.78, 5) is 0. The van der Waals surface area contributed by atoms with Crippen LogP contribution in [-0.4, -0.2) is 32.4 Å². The molecule has 1 N–H and O–H groups in total. The van der Waals surface area contributed by atoms with Crippen LogP contribution < -0.4 is 10.1 Å². The zero-order valence-corrected chi connectivity index (χ0v) is 12.8. The van der Waals surface area contributed by atoms with Crippen molar-refractivity contribution in [2.75, 3.05) is 20.8 Å². The molecule has 19 heavy (non-hydrogen) atoms. The van der Waals surface area contributed by atoms with Crippen LogP contribution in [-0.2, 0) is 11.2 Å². The summed E-state index contributed by atoms with van der Waals surface area (Å²) < 4.78 is 11.1. The first kappa shape index (κ1) is 16.0. The van der Waals surface area contributed by atoms with Crippen LogP contribution in [0.15, 0.2) is 24.3 Å². The van der Waals surface area contributed by atoms with Gasteiger partial charge in [-0.1, -0.05) is 25.1 Å². The lowest BCUT2D eigenvalue weighted by Gasteiger charge is -2.34. The van der Waals surface area contributed by atoms with Gasteiger partial charge in [0.25, 0.3) is 0 Å². The van der Waals surface area contributed by atoms with Crippen LogP contribution in [0.3, 0.4) is 0 Å². The lowest BCUT2D eigenvalue weighted by atomic mass is 9.91. The molecule has 0 fully saturated rings. The smallest absolute Gasteiger partial charge is 0.122 e. The van der Waals surface area contributed by atoms with Crippen molar-refractivity contribution in [1.29, 1.82) is 0 Å². The third-order valence-electron chi connectivity index (χ3n) is 3.62. The molecule has 1 unspecified atom stereocenters. The van der Waals surface area contributed by atoms with Crippen LogP contribution >= 0.6 is 0 Å². The molecule has 1 rings (SSSR count). The average molecular weight is 265 g/mol. The summed E-state index contributed by atoms with van der Waals surface area (Å²) in [5.41, 5.74) is 1.000. The van der Waals surface area contributed by atoms with Crippen molar-refractivity contribution >= 4 is 0 Å². The minimum Gasteiger partial charge on any atom is -0.496 e. The summed E-state index contributed by atoms with van der Waals surface area (Å²) >= 11 is 0. The van der Waals surface area contributed by atoms with Gasteiger partial charge in [0, 0.05) is 13.2 Å². The number of ether oxygens (including phenoxy) is 2. The zero-order valence-electron chi connectivity index (χ0n) is 12.8. The molecule has 0 amide bonds. The Labute approximate surface area is 117 Å². The standard InChI is InChI=1S/C16H27NO2/c1-6-11-17-15(16(2,3)19-5)12-13-9-7-8-10-14(13)18-4/h7-10,15,17H,6,11-12H2,1-5H3. The second-order valence-corrected chi connectivity index (χ2v) is 5.33. The van der Waals surface area contributed by atoms with E-state index in [1.807, 2.05) is 12.1 Å². The number of para-hydroxylation sites is 1. The minimum atomic E-state index is -0.212. The highest BCUT2D eigenvalue weighted by Gasteiger charge is 2.29. The van der Waals surface area contributed by atoms with Gasteiger partial charge in [-0.05, 0) is 44.9 Å². The Kier molecular flexibility index (Phi) is 6.32. The van der Waals surface area contributed by atoms with E-state index in [9.17, 15) is 0 Å². The van der Waals surface area contributed by atoms with Crippen molar-refractivity contribution in [3.8, 4) is 5.75 Å². The fourth-order valence-corrected chi connectivity index (χ4v) is 2.12. The highest BCUT2D eigenvalue weighted by molar-refractivity contribution is 5.34. The van der Waals surface area contributed by atoms with Crippen LogP contribution in [0, 0.1) is 0 Å². The third kappa shape index (κ3) is 4.51. The molecule has 0 saturated carbocycles. The minimum absolute atomic E-state index is 0.212. The third-order valence-corrected chi connectivity index (χ3v) is 3.62. The molecule has 0 radical (unpaired) electrons. The molecule has 1 aromatic carbocycles. The predicted molar refractivity (Wildman–Crippen MR) is 79.9 cm³/mol. The fourth-order valence-electron chi connectivity index (χ4n) is 2.12. The molecular formula is C16H27NO2. The Morgan fingerprint density at radius 2 is 1.89 bits per heavy atom. The van der Waals surface area contributed by atoms with Crippen LogP contribution in [0.2, 0.25) is 0 Å². The quantitative estimate of drug-likeness (QED) is 0.783. The SMILES string of the molecule is CCCNC(Cc1ccccc1OC)C(C)(C)OC. The highest BCUT2D eigenvalue weighted by atomic mass is 16.5. The van der Waals surface area contributed by atoms with Crippen LogP contribution in [0.5, 0.6) is 5.75 Å². The lowest BCUT2D eigenvalue weighted by Crippen LogP contribution is -2.49. The number of hydrogen-bond donors (Lipinski definition) is 1. The first-order valence-corrected chi connectivity index (χ1v) is 6.95. The van der Waals surface area contributed by atoms with Gasteiger partial charge in [0.15, 0.2) is 0 Å². The van der Waals surface area contributed by atoms with Gasteiger partial charge in [0.05, 0.1) is 12.7 Å². The lowest BCUT2D eigenvalue weighted by molar-refractivity contribution is -0.0101. The Hall–Kier alpha value is -1.06. The maximum absolute atomic E-state index is 5.64. The molecule has 0 bridgehead atoms. The van der Waals surface area contributed by atoms with Gasteiger partial charge in [-0.25, -0.2) is 0 Å². The number of benzene rings is 1. The van der Waals surface area contributed by atoms with E-state index in [0.717, 1.165) is 25.1 Å². The zero-order chi connectivity index (χ0) is 14.3. The largest absolute Gasteiger partial charge is 0.496 e. The van der Waals surface area contributed by atoms with Gasteiger partial charge in [0.1, 0.15) is 5.75 Å². The molecule has 0 aliphatic rings. The van der Waals surface area contributed by atoms with Gasteiger partial charge >= 0.3 is 0 Å². The highest BCUT2D eigenvalue weighted by Crippen LogP contribution is 2.24. The van der Waals surface area contributed by atoms with Gasteiger partial charge in [0.2, 0.25) is 0 Å². The predicted octanol–water partition coefficient (Wildman–Crippen LogP) is 3.03. The normalized spacial score (nSPS) is 13.3. The van der Waals surface area contributed by atoms with Crippen LogP contribution in [0.4, 0.5) is 0 Å². The molecule has 0 aromatic heterocycles. The van der Waals surface area contributed by atoms with E-state index in [4.69, 9.17) is 9.47 Å². The molecular weight excluding hydrogens is 238 g/mol. The van der Waals surface area contributed by atoms with Gasteiger partial charge in [-0.2, -0.15) is 0 Å². The molecule has 108 valence electrons. The van der Waals surface area contributed by atoms with Crippen LogP contribution in [0.25, 0.3) is 0 Å². The summed E-state index contributed by atoms with van der Waals surface area (Å²) in [6, 6.07) is 8.43. The summed E-state index contributed by atoms with van der Waals surface area (Å²) in [7, 11) is 3.48. The summed E-state index contributed by atoms with van der Waals surface area (Å²) in [5.74, 6) is 0.942. The van der Waals surface area contributed by atoms with Crippen molar-refractivity contribution in [2.24, 2.45) is 0 Å². The second-order valence-electron chi connectivity index (χ2n) is 5.33. The molecule has 1 atom stereocenters. The average Bonchev–Trinajstić information content (AvgIpc) is 2.43. The fraction of sp³-hybridized carbons (Fsp3) is 0.625. The van der Waals surface area contributed by atoms with E-state index in [-0.39, 0.29) is 11.6 Å². The number of rotatable bonds is 8. The van der Waals surface area contributed by atoms with E-state index >= 15 is 0 Å². The molecule has 0 aliphatic heterocycles. The van der Waals surface area contributed by atoms with Crippen molar-refractivity contribution in [3.63, 3.8) is 0 Å². The molecule has 0 aliphatic carbocycles. The summed E-state index contributed by atoms with van der Waals surface area (Å²) in [5, 5.41) is 3.58. The number of nitrogens with one attached hydrogen (secondary N) is 1. The topological polar surface area (TPSA) is 30.5 Å². The van der Waals surface area contributed by atoms with Crippen molar-refractivity contribution in [2.45, 2.75) is 45.3 Å². The summed E-state index contributed by atoms with van der Waals surface area (Å²) in [6.07, 6.45) is 2.01. The Bertz CT molecular complexity index is 377. The molecule has 0 spiro atoms. The van der Waals surface area contributed by atoms with E-state index in [0.29, 0.717) is 0 Å². The molecule has 3 nitrogen and oxygen atoms in total. The molecule has 0 heterocycles. The maximum Gasteiger partial charge on any atom is 0.122 e. The van der Waals surface area contributed by atoms with Crippen molar-refractivity contribution in [3.05, 3.63) is 29.8 Å². The first-order valence-electron chi connectivity index (χ1n) is 6.95. The van der Waals surface area contributed by atoms with Crippen molar-refractivity contribution < 1.29 is 9.47 Å². The van der Waals surface area contributed by atoms with Gasteiger partial charge in [-0.3, -0.25) is 0 Å². The summed E-state index contributed by atoms with van der Waals surface area (Å²) in [6.45, 7) is 7.41. The van der Waals surface area contributed by atoms with E-state index < -0.39 is 0 Å². The van der Waals surface area contributed by atoms with Gasteiger partial charge in [-0.15, -0.1) is 0 Å². The van der Waals surface area contributed by atoms with E-state index in [1.165, 1.54) is 5.56 Å². The van der Waals surface area contributed by atoms with Crippen LogP contribution in [0.1, 0.15) is 32.8 Å². The Balaban J connectivity index is 2.87. The molecule has 3 heteroatoms. The maximum atomic E-state index is 5.64. The number of hydrogen-bond acceptors (Lipinski definition) is 3. The first-order chi connectivity index (χ1) is 9.05. The van der Waals surface area contributed by atoms with E-state index in [1.54, 1.807) is 14.2 Å². The van der Waals surface area contributed by atoms with Crippen molar-refractivity contribution in [1.82, 2.24) is 5.32 Å². The second kappa shape index (κ2) is 7.51. The number of methoxy groups -OCH3 is 2.